The number of rotatable bonds is 2. The number of nitrogens with zero attached hydrogens (tertiary/aromatic N) is 3. The number of aryl methyl sites for hydroxylation is 1. The Morgan fingerprint density at radius 3 is 2.74 bits per heavy atom. The fourth-order valence-corrected chi connectivity index (χ4v) is 2.89. The van der Waals surface area contributed by atoms with Gasteiger partial charge < -0.3 is 10.3 Å². The third-order valence-corrected chi connectivity index (χ3v) is 4.07. The highest BCUT2D eigenvalue weighted by molar-refractivity contribution is 5.62. The number of nitrogens with two attached hydrogens (primary N) is 1. The summed E-state index contributed by atoms with van der Waals surface area (Å²) in [4.78, 5) is 0. The van der Waals surface area contributed by atoms with Crippen LogP contribution in [-0.4, -0.2) is 14.8 Å². The van der Waals surface area contributed by atoms with Crippen LogP contribution in [0.5, 0.6) is 0 Å². The van der Waals surface area contributed by atoms with Crippen molar-refractivity contribution in [2.45, 2.75) is 45.1 Å². The Morgan fingerprint density at radius 1 is 1.21 bits per heavy atom. The molecule has 4 heteroatoms. The number of nitrogen functional groups attached to an aromatic ring is 1. The van der Waals surface area contributed by atoms with E-state index in [1.54, 1.807) is 0 Å². The summed E-state index contributed by atoms with van der Waals surface area (Å²) >= 11 is 0. The molecule has 1 aromatic heterocycles. The molecule has 19 heavy (non-hydrogen) atoms. The van der Waals surface area contributed by atoms with E-state index in [2.05, 4.69) is 20.8 Å². The Bertz CT molecular complexity index is 567. The summed E-state index contributed by atoms with van der Waals surface area (Å²) in [5.74, 6) is 0.968. The van der Waals surface area contributed by atoms with Crippen molar-refractivity contribution in [3.8, 4) is 11.4 Å². The quantitative estimate of drug-likeness (QED) is 0.838. The number of anilines is 1. The lowest BCUT2D eigenvalue weighted by atomic mass is 9.95. The summed E-state index contributed by atoms with van der Waals surface area (Å²) in [6.45, 7) is 2.03. The van der Waals surface area contributed by atoms with Crippen LogP contribution in [0, 0.1) is 6.92 Å². The molecule has 0 aliphatic heterocycles. The summed E-state index contributed by atoms with van der Waals surface area (Å²) in [5, 5.41) is 8.41. The van der Waals surface area contributed by atoms with Crippen molar-refractivity contribution in [3.05, 3.63) is 30.1 Å². The van der Waals surface area contributed by atoms with Gasteiger partial charge in [-0.05, 0) is 43.5 Å². The molecule has 0 atom stereocenters. The molecular formula is C15H20N4. The zero-order valence-electron chi connectivity index (χ0n) is 11.3. The molecule has 1 saturated carbocycles. The predicted molar refractivity (Wildman–Crippen MR) is 76.7 cm³/mol. The summed E-state index contributed by atoms with van der Waals surface area (Å²) in [5.41, 5.74) is 8.91. The van der Waals surface area contributed by atoms with E-state index in [1.807, 2.05) is 25.4 Å². The van der Waals surface area contributed by atoms with Crippen LogP contribution < -0.4 is 5.73 Å². The van der Waals surface area contributed by atoms with Gasteiger partial charge in [-0.2, -0.15) is 0 Å². The van der Waals surface area contributed by atoms with Gasteiger partial charge in [0.05, 0.1) is 0 Å². The average molecular weight is 256 g/mol. The van der Waals surface area contributed by atoms with E-state index in [-0.39, 0.29) is 0 Å². The van der Waals surface area contributed by atoms with Crippen molar-refractivity contribution in [1.29, 1.82) is 0 Å². The van der Waals surface area contributed by atoms with E-state index in [9.17, 15) is 0 Å². The first-order valence-electron chi connectivity index (χ1n) is 7.02. The minimum Gasteiger partial charge on any atom is -0.399 e. The molecule has 4 nitrogen and oxygen atoms in total. The maximum absolute atomic E-state index is 5.88. The van der Waals surface area contributed by atoms with Gasteiger partial charge in [-0.3, -0.25) is 0 Å². The van der Waals surface area contributed by atoms with Gasteiger partial charge in [0, 0.05) is 17.3 Å². The molecule has 100 valence electrons. The highest BCUT2D eigenvalue weighted by atomic mass is 15.3. The van der Waals surface area contributed by atoms with E-state index in [4.69, 9.17) is 5.73 Å². The molecule has 2 N–H and O–H groups in total. The fraction of sp³-hybridized carbons (Fsp3) is 0.467. The highest BCUT2D eigenvalue weighted by Crippen LogP contribution is 2.31. The molecule has 0 spiro atoms. The third-order valence-electron chi connectivity index (χ3n) is 4.07. The van der Waals surface area contributed by atoms with Crippen molar-refractivity contribution in [3.63, 3.8) is 0 Å². The first-order chi connectivity index (χ1) is 9.25. The van der Waals surface area contributed by atoms with Gasteiger partial charge in [-0.25, -0.2) is 0 Å². The lowest BCUT2D eigenvalue weighted by molar-refractivity contribution is 0.355. The summed E-state index contributed by atoms with van der Waals surface area (Å²) in [6.07, 6.45) is 8.32. The van der Waals surface area contributed by atoms with E-state index in [0.717, 1.165) is 22.6 Å². The molecule has 1 aliphatic rings. The lowest BCUT2D eigenvalue weighted by Gasteiger charge is -2.24. The third kappa shape index (κ3) is 2.35. The number of aromatic nitrogens is 3. The zero-order chi connectivity index (χ0) is 13.2. The predicted octanol–water partition coefficient (Wildman–Crippen LogP) is 3.34. The van der Waals surface area contributed by atoms with Crippen LogP contribution in [0.2, 0.25) is 0 Å². The Kier molecular flexibility index (Phi) is 3.23. The van der Waals surface area contributed by atoms with Gasteiger partial charge >= 0.3 is 0 Å². The van der Waals surface area contributed by atoms with Crippen LogP contribution in [0.25, 0.3) is 11.4 Å². The Morgan fingerprint density at radius 2 is 2.00 bits per heavy atom. The van der Waals surface area contributed by atoms with Crippen LogP contribution in [0.1, 0.15) is 43.7 Å². The maximum Gasteiger partial charge on any atom is 0.164 e. The minimum absolute atomic E-state index is 0.552. The molecule has 3 rings (SSSR count). The van der Waals surface area contributed by atoms with Crippen molar-refractivity contribution in [1.82, 2.24) is 14.8 Å². The molecule has 0 saturated heterocycles. The van der Waals surface area contributed by atoms with Crippen LogP contribution in [-0.2, 0) is 0 Å². The van der Waals surface area contributed by atoms with Gasteiger partial charge in [-0.1, -0.05) is 19.3 Å². The molecule has 0 radical (unpaired) electrons. The van der Waals surface area contributed by atoms with Gasteiger partial charge in [0.1, 0.15) is 6.33 Å². The second kappa shape index (κ2) is 5.03. The maximum atomic E-state index is 5.88. The topological polar surface area (TPSA) is 56.7 Å². The number of hydrogen-bond donors (Lipinski definition) is 1. The van der Waals surface area contributed by atoms with Crippen molar-refractivity contribution in [2.75, 3.05) is 5.73 Å². The van der Waals surface area contributed by atoms with Gasteiger partial charge in [0.15, 0.2) is 5.82 Å². The highest BCUT2D eigenvalue weighted by Gasteiger charge is 2.19. The second-order valence-electron chi connectivity index (χ2n) is 5.43. The Balaban J connectivity index is 1.96. The molecule has 0 bridgehead atoms. The molecular weight excluding hydrogens is 236 g/mol. The summed E-state index contributed by atoms with van der Waals surface area (Å²) < 4.78 is 2.24. The van der Waals surface area contributed by atoms with Gasteiger partial charge in [-0.15, -0.1) is 10.2 Å². The molecule has 0 unspecified atom stereocenters. The molecule has 1 heterocycles. The average Bonchev–Trinajstić information content (AvgIpc) is 2.92. The van der Waals surface area contributed by atoms with Gasteiger partial charge in [0.25, 0.3) is 0 Å². The van der Waals surface area contributed by atoms with E-state index >= 15 is 0 Å². The standard InChI is InChI=1S/C15H20N4/c1-11-9-12(7-8-14(11)16)15-18-17-10-19(15)13-5-3-2-4-6-13/h7-10,13H,2-6,16H2,1H3. The lowest BCUT2D eigenvalue weighted by Crippen LogP contribution is -2.13. The van der Waals surface area contributed by atoms with E-state index in [1.165, 1.54) is 32.1 Å². The van der Waals surface area contributed by atoms with Crippen molar-refractivity contribution < 1.29 is 0 Å². The van der Waals surface area contributed by atoms with E-state index < -0.39 is 0 Å². The zero-order valence-corrected chi connectivity index (χ0v) is 11.3. The Hall–Kier alpha value is -1.84. The van der Waals surface area contributed by atoms with Crippen molar-refractivity contribution in [2.24, 2.45) is 0 Å². The second-order valence-corrected chi connectivity index (χ2v) is 5.43. The molecule has 1 aliphatic carbocycles. The SMILES string of the molecule is Cc1cc(-c2nncn2C2CCCCC2)ccc1N. The largest absolute Gasteiger partial charge is 0.399 e. The summed E-state index contributed by atoms with van der Waals surface area (Å²) in [6, 6.07) is 6.63. The van der Waals surface area contributed by atoms with E-state index in [0.29, 0.717) is 6.04 Å². The van der Waals surface area contributed by atoms with Crippen LogP contribution in [0.3, 0.4) is 0 Å². The Labute approximate surface area is 113 Å². The molecule has 1 aromatic carbocycles. The van der Waals surface area contributed by atoms with Crippen LogP contribution in [0.4, 0.5) is 5.69 Å². The molecule has 0 amide bonds. The van der Waals surface area contributed by atoms with Crippen molar-refractivity contribution >= 4 is 5.69 Å². The number of hydrogen-bond acceptors (Lipinski definition) is 3. The normalized spacial score (nSPS) is 16.7. The summed E-state index contributed by atoms with van der Waals surface area (Å²) in [7, 11) is 0. The molecule has 1 fully saturated rings. The van der Waals surface area contributed by atoms with Gasteiger partial charge in [0.2, 0.25) is 0 Å². The smallest absolute Gasteiger partial charge is 0.164 e. The molecule has 2 aromatic rings. The minimum atomic E-state index is 0.552. The monoisotopic (exact) mass is 256 g/mol. The van der Waals surface area contributed by atoms with Crippen LogP contribution in [0.15, 0.2) is 24.5 Å². The number of benzene rings is 1. The van der Waals surface area contributed by atoms with Crippen LogP contribution >= 0.6 is 0 Å². The fourth-order valence-electron chi connectivity index (χ4n) is 2.89. The first kappa shape index (κ1) is 12.2. The first-order valence-corrected chi connectivity index (χ1v) is 7.02.